The summed E-state index contributed by atoms with van der Waals surface area (Å²) in [7, 11) is 0. The first-order valence-corrected chi connectivity index (χ1v) is 7.14. The second-order valence-electron chi connectivity index (χ2n) is 5.21. The smallest absolute Gasteiger partial charge is 0.123 e. The van der Waals surface area contributed by atoms with E-state index in [9.17, 15) is 4.39 Å². The number of halogens is 1. The van der Waals surface area contributed by atoms with Crippen LogP contribution in [0.1, 0.15) is 30.8 Å². The number of aromatic amines is 1. The number of anilines is 1. The number of imidazole rings is 1. The molecule has 3 aromatic rings. The van der Waals surface area contributed by atoms with Crippen LogP contribution in [-0.2, 0) is 0 Å². The van der Waals surface area contributed by atoms with Gasteiger partial charge in [0.2, 0.25) is 0 Å². The highest BCUT2D eigenvalue weighted by Crippen LogP contribution is 2.25. The Balaban J connectivity index is 1.88. The van der Waals surface area contributed by atoms with Gasteiger partial charge in [-0.05, 0) is 49.2 Å². The fourth-order valence-electron chi connectivity index (χ4n) is 2.57. The molecule has 0 fully saturated rings. The van der Waals surface area contributed by atoms with Crippen LogP contribution in [0.5, 0.6) is 0 Å². The van der Waals surface area contributed by atoms with Crippen LogP contribution in [0, 0.1) is 12.7 Å². The van der Waals surface area contributed by atoms with Gasteiger partial charge in [-0.2, -0.15) is 0 Å². The molecule has 0 saturated heterocycles. The van der Waals surface area contributed by atoms with Crippen molar-refractivity contribution >= 4 is 16.7 Å². The molecule has 1 aromatic heterocycles. The van der Waals surface area contributed by atoms with Crippen LogP contribution in [0.2, 0.25) is 0 Å². The van der Waals surface area contributed by atoms with Gasteiger partial charge in [0.15, 0.2) is 0 Å². The zero-order valence-corrected chi connectivity index (χ0v) is 12.2. The predicted octanol–water partition coefficient (Wildman–Crippen LogP) is 4.57. The van der Waals surface area contributed by atoms with E-state index in [1.165, 1.54) is 6.07 Å². The van der Waals surface area contributed by atoms with E-state index in [2.05, 4.69) is 22.2 Å². The highest BCUT2D eigenvalue weighted by atomic mass is 19.1. The Kier molecular flexibility index (Phi) is 3.60. The van der Waals surface area contributed by atoms with Crippen LogP contribution in [-0.4, -0.2) is 9.97 Å². The third-order valence-corrected chi connectivity index (χ3v) is 3.60. The molecule has 0 saturated carbocycles. The minimum absolute atomic E-state index is 0.0853. The van der Waals surface area contributed by atoms with E-state index in [0.717, 1.165) is 34.5 Å². The molecule has 1 unspecified atom stereocenters. The van der Waals surface area contributed by atoms with Gasteiger partial charge in [0, 0.05) is 5.69 Å². The van der Waals surface area contributed by atoms with Gasteiger partial charge < -0.3 is 10.3 Å². The number of nitrogens with zero attached hydrogens (tertiary/aromatic N) is 1. The topological polar surface area (TPSA) is 40.7 Å². The molecule has 1 atom stereocenters. The number of nitrogens with one attached hydrogen (secondary N) is 2. The first-order chi connectivity index (χ1) is 10.2. The van der Waals surface area contributed by atoms with Gasteiger partial charge in [-0.25, -0.2) is 9.37 Å². The lowest BCUT2D eigenvalue weighted by Crippen LogP contribution is -2.09. The minimum atomic E-state index is -0.201. The lowest BCUT2D eigenvalue weighted by atomic mass is 10.0. The minimum Gasteiger partial charge on any atom is -0.378 e. The number of hydrogen-bond acceptors (Lipinski definition) is 2. The Hall–Kier alpha value is -2.36. The van der Waals surface area contributed by atoms with E-state index in [1.807, 2.05) is 31.2 Å². The lowest BCUT2D eigenvalue weighted by Gasteiger charge is -2.19. The molecule has 0 amide bonds. The predicted molar refractivity (Wildman–Crippen MR) is 83.9 cm³/mol. The van der Waals surface area contributed by atoms with Gasteiger partial charge in [-0.1, -0.05) is 19.1 Å². The van der Waals surface area contributed by atoms with Crippen molar-refractivity contribution < 1.29 is 4.39 Å². The second-order valence-corrected chi connectivity index (χ2v) is 5.21. The molecular weight excluding hydrogens is 265 g/mol. The zero-order valence-electron chi connectivity index (χ0n) is 12.2. The summed E-state index contributed by atoms with van der Waals surface area (Å²) in [6.45, 7) is 4.02. The van der Waals surface area contributed by atoms with Crippen molar-refractivity contribution in [1.82, 2.24) is 9.97 Å². The van der Waals surface area contributed by atoms with Gasteiger partial charge >= 0.3 is 0 Å². The largest absolute Gasteiger partial charge is 0.378 e. The molecule has 4 heteroatoms. The fourth-order valence-corrected chi connectivity index (χ4v) is 2.57. The maximum atomic E-state index is 13.4. The van der Waals surface area contributed by atoms with Crippen LogP contribution in [0.25, 0.3) is 11.0 Å². The van der Waals surface area contributed by atoms with Gasteiger partial charge in [0.25, 0.3) is 0 Å². The van der Waals surface area contributed by atoms with Gasteiger partial charge in [-0.3, -0.25) is 0 Å². The average molecular weight is 283 g/mol. The normalized spacial score (nSPS) is 12.5. The standard InChI is InChI=1S/C17H18FN3/c1-3-15(12-5-4-6-13(18)9-12)21-14-7-8-16-17(10-14)20-11(2)19-16/h4-10,15,21H,3H2,1-2H3,(H,19,20). The summed E-state index contributed by atoms with van der Waals surface area (Å²) in [4.78, 5) is 7.62. The lowest BCUT2D eigenvalue weighted by molar-refractivity contribution is 0.621. The molecule has 0 bridgehead atoms. The maximum Gasteiger partial charge on any atom is 0.123 e. The summed E-state index contributed by atoms with van der Waals surface area (Å²) in [5, 5.41) is 3.46. The van der Waals surface area contributed by atoms with Crippen LogP contribution < -0.4 is 5.32 Å². The monoisotopic (exact) mass is 283 g/mol. The quantitative estimate of drug-likeness (QED) is 0.736. The maximum absolute atomic E-state index is 13.4. The summed E-state index contributed by atoms with van der Waals surface area (Å²) < 4.78 is 13.4. The molecule has 0 aliphatic carbocycles. The van der Waals surface area contributed by atoms with Crippen LogP contribution in [0.4, 0.5) is 10.1 Å². The molecule has 21 heavy (non-hydrogen) atoms. The van der Waals surface area contributed by atoms with Crippen molar-refractivity contribution in [3.63, 3.8) is 0 Å². The van der Waals surface area contributed by atoms with E-state index in [4.69, 9.17) is 0 Å². The van der Waals surface area contributed by atoms with Crippen molar-refractivity contribution in [2.24, 2.45) is 0 Å². The molecule has 0 aliphatic rings. The summed E-state index contributed by atoms with van der Waals surface area (Å²) in [6, 6.07) is 12.9. The SMILES string of the molecule is CCC(Nc1ccc2nc(C)[nH]c2c1)c1cccc(F)c1. The van der Waals surface area contributed by atoms with Crippen LogP contribution >= 0.6 is 0 Å². The highest BCUT2D eigenvalue weighted by Gasteiger charge is 2.10. The molecule has 3 nitrogen and oxygen atoms in total. The molecular formula is C17H18FN3. The van der Waals surface area contributed by atoms with E-state index < -0.39 is 0 Å². The molecule has 0 aliphatic heterocycles. The Bertz CT molecular complexity index is 764. The Labute approximate surface area is 123 Å². The van der Waals surface area contributed by atoms with Crippen molar-refractivity contribution in [2.75, 3.05) is 5.32 Å². The molecule has 0 spiro atoms. The molecule has 108 valence electrons. The molecule has 1 heterocycles. The molecule has 2 aromatic carbocycles. The van der Waals surface area contributed by atoms with E-state index >= 15 is 0 Å². The summed E-state index contributed by atoms with van der Waals surface area (Å²) in [5.74, 6) is 0.701. The number of rotatable bonds is 4. The second kappa shape index (κ2) is 5.56. The number of fused-ring (bicyclic) bond motifs is 1. The van der Waals surface area contributed by atoms with Gasteiger partial charge in [0.05, 0.1) is 17.1 Å². The zero-order chi connectivity index (χ0) is 14.8. The van der Waals surface area contributed by atoms with Crippen LogP contribution in [0.3, 0.4) is 0 Å². The van der Waals surface area contributed by atoms with Crippen LogP contribution in [0.15, 0.2) is 42.5 Å². The summed E-state index contributed by atoms with van der Waals surface area (Å²) >= 11 is 0. The number of benzene rings is 2. The average Bonchev–Trinajstić information content (AvgIpc) is 2.84. The number of aryl methyl sites for hydroxylation is 1. The number of hydrogen-bond donors (Lipinski definition) is 2. The van der Waals surface area contributed by atoms with Crippen molar-refractivity contribution in [1.29, 1.82) is 0 Å². The Morgan fingerprint density at radius 3 is 2.86 bits per heavy atom. The first kappa shape index (κ1) is 13.6. The van der Waals surface area contributed by atoms with Crippen molar-refractivity contribution in [3.8, 4) is 0 Å². The Morgan fingerprint density at radius 1 is 1.24 bits per heavy atom. The molecule has 2 N–H and O–H groups in total. The highest BCUT2D eigenvalue weighted by molar-refractivity contribution is 5.79. The summed E-state index contributed by atoms with van der Waals surface area (Å²) in [5.41, 5.74) is 3.92. The van der Waals surface area contributed by atoms with E-state index in [0.29, 0.717) is 0 Å². The number of aromatic nitrogens is 2. The molecule has 0 radical (unpaired) electrons. The number of H-pyrrole nitrogens is 1. The van der Waals surface area contributed by atoms with Crippen molar-refractivity contribution in [3.05, 3.63) is 59.7 Å². The van der Waals surface area contributed by atoms with Gasteiger partial charge in [-0.15, -0.1) is 0 Å². The molecule has 3 rings (SSSR count). The third kappa shape index (κ3) is 2.89. The third-order valence-electron chi connectivity index (χ3n) is 3.60. The van der Waals surface area contributed by atoms with E-state index in [1.54, 1.807) is 12.1 Å². The van der Waals surface area contributed by atoms with E-state index in [-0.39, 0.29) is 11.9 Å². The Morgan fingerprint density at radius 2 is 2.10 bits per heavy atom. The summed E-state index contributed by atoms with van der Waals surface area (Å²) in [6.07, 6.45) is 0.878. The first-order valence-electron chi connectivity index (χ1n) is 7.14. The van der Waals surface area contributed by atoms with Crippen molar-refractivity contribution in [2.45, 2.75) is 26.3 Å². The fraction of sp³-hybridized carbons (Fsp3) is 0.235. The van der Waals surface area contributed by atoms with Gasteiger partial charge in [0.1, 0.15) is 11.6 Å².